The summed E-state index contributed by atoms with van der Waals surface area (Å²) in [4.78, 5) is 16.1. The smallest absolute Gasteiger partial charge is 0.270 e. The minimum atomic E-state index is -0.219. The van der Waals surface area contributed by atoms with E-state index in [0.29, 0.717) is 17.2 Å². The molecule has 0 bridgehead atoms. The molecule has 1 aromatic heterocycles. The molecule has 1 heterocycles. The van der Waals surface area contributed by atoms with Gasteiger partial charge in [0.1, 0.15) is 5.69 Å². The standard InChI is InChI=1S/C14H20N2O3/c1-2-12(10-6-11(18)7-10)16-14(19)13-5-9(8-17)3-4-15-13/h3-5,10-12,17-18H,2,6-8H2,1H3,(H,16,19)/t10?,11?,12-/m1/s1. The fourth-order valence-electron chi connectivity index (χ4n) is 2.45. The average Bonchev–Trinajstić information content (AvgIpc) is 2.41. The van der Waals surface area contributed by atoms with Crippen molar-refractivity contribution in [2.75, 3.05) is 0 Å². The Morgan fingerprint density at radius 3 is 2.89 bits per heavy atom. The summed E-state index contributed by atoms with van der Waals surface area (Å²) in [7, 11) is 0. The van der Waals surface area contributed by atoms with Gasteiger partial charge in [0, 0.05) is 12.2 Å². The van der Waals surface area contributed by atoms with E-state index in [-0.39, 0.29) is 24.7 Å². The Morgan fingerprint density at radius 2 is 2.32 bits per heavy atom. The number of nitrogens with zero attached hydrogens (tertiary/aromatic N) is 1. The van der Waals surface area contributed by atoms with Crippen LogP contribution in [0, 0.1) is 5.92 Å². The van der Waals surface area contributed by atoms with Gasteiger partial charge >= 0.3 is 0 Å². The van der Waals surface area contributed by atoms with Gasteiger partial charge in [-0.1, -0.05) is 6.92 Å². The number of aliphatic hydroxyl groups excluding tert-OH is 2. The third-order valence-electron chi connectivity index (χ3n) is 3.71. The number of hydrogen-bond acceptors (Lipinski definition) is 4. The number of rotatable bonds is 5. The molecule has 5 nitrogen and oxygen atoms in total. The molecule has 1 atom stereocenters. The van der Waals surface area contributed by atoms with Crippen LogP contribution in [0.25, 0.3) is 0 Å². The van der Waals surface area contributed by atoms with E-state index in [9.17, 15) is 9.90 Å². The first kappa shape index (κ1) is 14.0. The van der Waals surface area contributed by atoms with E-state index < -0.39 is 0 Å². The van der Waals surface area contributed by atoms with Gasteiger partial charge in [0.25, 0.3) is 5.91 Å². The molecule has 19 heavy (non-hydrogen) atoms. The molecule has 1 fully saturated rings. The van der Waals surface area contributed by atoms with Crippen LogP contribution in [0.3, 0.4) is 0 Å². The molecule has 3 N–H and O–H groups in total. The summed E-state index contributed by atoms with van der Waals surface area (Å²) >= 11 is 0. The fraction of sp³-hybridized carbons (Fsp3) is 0.571. The molecule has 0 radical (unpaired) electrons. The molecule has 1 aromatic rings. The molecule has 5 heteroatoms. The molecule has 0 aromatic carbocycles. The largest absolute Gasteiger partial charge is 0.393 e. The van der Waals surface area contributed by atoms with Crippen molar-refractivity contribution in [3.8, 4) is 0 Å². The molecule has 1 saturated carbocycles. The minimum absolute atomic E-state index is 0.0792. The lowest BCUT2D eigenvalue weighted by molar-refractivity contribution is 0.0232. The van der Waals surface area contributed by atoms with Crippen molar-refractivity contribution < 1.29 is 15.0 Å². The molecule has 104 valence electrons. The number of carbonyl (C=O) groups is 1. The van der Waals surface area contributed by atoms with Crippen molar-refractivity contribution in [2.45, 2.75) is 44.9 Å². The number of aromatic nitrogens is 1. The first-order valence-corrected chi connectivity index (χ1v) is 6.68. The molecule has 1 aliphatic rings. The Balaban J connectivity index is 1.98. The molecular weight excluding hydrogens is 244 g/mol. The molecule has 1 aliphatic carbocycles. The highest BCUT2D eigenvalue weighted by Gasteiger charge is 2.33. The lowest BCUT2D eigenvalue weighted by Crippen LogP contribution is -2.46. The Bertz CT molecular complexity index is 444. The molecule has 0 saturated heterocycles. The van der Waals surface area contributed by atoms with E-state index in [2.05, 4.69) is 10.3 Å². The van der Waals surface area contributed by atoms with Crippen LogP contribution in [0.2, 0.25) is 0 Å². The van der Waals surface area contributed by atoms with Gasteiger partial charge in [-0.05, 0) is 42.9 Å². The van der Waals surface area contributed by atoms with Crippen molar-refractivity contribution in [3.05, 3.63) is 29.6 Å². The van der Waals surface area contributed by atoms with Gasteiger partial charge in [0.15, 0.2) is 0 Å². The van der Waals surface area contributed by atoms with Crippen molar-refractivity contribution in [1.82, 2.24) is 10.3 Å². The van der Waals surface area contributed by atoms with Gasteiger partial charge in [-0.15, -0.1) is 0 Å². The lowest BCUT2D eigenvalue weighted by atomic mass is 9.76. The van der Waals surface area contributed by atoms with E-state index in [1.807, 2.05) is 6.92 Å². The highest BCUT2D eigenvalue weighted by Crippen LogP contribution is 2.31. The van der Waals surface area contributed by atoms with E-state index in [1.165, 1.54) is 6.20 Å². The third-order valence-corrected chi connectivity index (χ3v) is 3.71. The van der Waals surface area contributed by atoms with Gasteiger partial charge in [-0.3, -0.25) is 9.78 Å². The van der Waals surface area contributed by atoms with Crippen LogP contribution in [-0.2, 0) is 6.61 Å². The predicted octanol–water partition coefficient (Wildman–Crippen LogP) is 0.853. The minimum Gasteiger partial charge on any atom is -0.393 e. The molecule has 0 aliphatic heterocycles. The van der Waals surface area contributed by atoms with E-state index >= 15 is 0 Å². The topological polar surface area (TPSA) is 82.5 Å². The zero-order valence-corrected chi connectivity index (χ0v) is 11.0. The summed E-state index contributed by atoms with van der Waals surface area (Å²) in [5, 5.41) is 21.3. The Morgan fingerprint density at radius 1 is 1.58 bits per heavy atom. The molecule has 1 amide bonds. The first-order chi connectivity index (χ1) is 9.13. The van der Waals surface area contributed by atoms with Crippen LogP contribution in [-0.4, -0.2) is 33.3 Å². The van der Waals surface area contributed by atoms with Crippen LogP contribution < -0.4 is 5.32 Å². The van der Waals surface area contributed by atoms with Crippen molar-refractivity contribution >= 4 is 5.91 Å². The van der Waals surface area contributed by atoms with Crippen LogP contribution in [0.5, 0.6) is 0 Å². The van der Waals surface area contributed by atoms with Crippen LogP contribution in [0.4, 0.5) is 0 Å². The molecule has 0 spiro atoms. The van der Waals surface area contributed by atoms with Crippen LogP contribution in [0.1, 0.15) is 42.2 Å². The van der Waals surface area contributed by atoms with Crippen molar-refractivity contribution in [3.63, 3.8) is 0 Å². The number of hydrogen-bond donors (Lipinski definition) is 3. The zero-order valence-electron chi connectivity index (χ0n) is 11.0. The normalized spacial score (nSPS) is 23.5. The van der Waals surface area contributed by atoms with Gasteiger partial charge in [0.2, 0.25) is 0 Å². The van der Waals surface area contributed by atoms with E-state index in [4.69, 9.17) is 5.11 Å². The van der Waals surface area contributed by atoms with Gasteiger partial charge in [-0.2, -0.15) is 0 Å². The second kappa shape index (κ2) is 6.12. The summed E-state index contributed by atoms with van der Waals surface area (Å²) in [6.45, 7) is 1.92. The van der Waals surface area contributed by atoms with E-state index in [0.717, 1.165) is 19.3 Å². The van der Waals surface area contributed by atoms with Crippen LogP contribution >= 0.6 is 0 Å². The SMILES string of the molecule is CC[C@@H](NC(=O)c1cc(CO)ccn1)C1CC(O)C1. The zero-order chi connectivity index (χ0) is 13.8. The summed E-state index contributed by atoms with van der Waals surface area (Å²) in [5.41, 5.74) is 0.997. The maximum atomic E-state index is 12.1. The summed E-state index contributed by atoms with van der Waals surface area (Å²) in [6.07, 6.45) is 3.65. The number of pyridine rings is 1. The van der Waals surface area contributed by atoms with Gasteiger partial charge in [0.05, 0.1) is 12.7 Å². The molecular formula is C14H20N2O3. The highest BCUT2D eigenvalue weighted by atomic mass is 16.3. The third kappa shape index (κ3) is 3.30. The monoisotopic (exact) mass is 264 g/mol. The maximum absolute atomic E-state index is 12.1. The molecule has 2 rings (SSSR count). The molecule has 0 unspecified atom stereocenters. The Hall–Kier alpha value is -1.46. The number of aliphatic hydroxyl groups is 2. The predicted molar refractivity (Wildman–Crippen MR) is 70.4 cm³/mol. The summed E-state index contributed by atoms with van der Waals surface area (Å²) in [5.74, 6) is 0.133. The van der Waals surface area contributed by atoms with Crippen molar-refractivity contribution in [2.24, 2.45) is 5.92 Å². The second-order valence-corrected chi connectivity index (χ2v) is 5.08. The van der Waals surface area contributed by atoms with Crippen molar-refractivity contribution in [1.29, 1.82) is 0 Å². The Labute approximate surface area is 112 Å². The van der Waals surface area contributed by atoms with Gasteiger partial charge in [-0.25, -0.2) is 0 Å². The quantitative estimate of drug-likeness (QED) is 0.736. The summed E-state index contributed by atoms with van der Waals surface area (Å²) < 4.78 is 0. The number of amides is 1. The summed E-state index contributed by atoms with van der Waals surface area (Å²) in [6, 6.07) is 3.35. The average molecular weight is 264 g/mol. The second-order valence-electron chi connectivity index (χ2n) is 5.08. The van der Waals surface area contributed by atoms with E-state index in [1.54, 1.807) is 12.1 Å². The van der Waals surface area contributed by atoms with Gasteiger partial charge < -0.3 is 15.5 Å². The van der Waals surface area contributed by atoms with Crippen LogP contribution in [0.15, 0.2) is 18.3 Å². The first-order valence-electron chi connectivity index (χ1n) is 6.68. The lowest BCUT2D eigenvalue weighted by Gasteiger charge is -2.37. The maximum Gasteiger partial charge on any atom is 0.270 e. The number of nitrogens with one attached hydrogen (secondary N) is 1. The Kier molecular flexibility index (Phi) is 4.50. The number of carbonyl (C=O) groups excluding carboxylic acids is 1. The highest BCUT2D eigenvalue weighted by molar-refractivity contribution is 5.92. The fourth-order valence-corrected chi connectivity index (χ4v) is 2.45.